The molecule has 0 bridgehead atoms. The van der Waals surface area contributed by atoms with Crippen LogP contribution in [0.3, 0.4) is 0 Å². The zero-order chi connectivity index (χ0) is 10.7. The monoisotopic (exact) mass is 217 g/mol. The molecule has 0 heterocycles. The molecule has 80 valence electrons. The van der Waals surface area contributed by atoms with Crippen molar-refractivity contribution in [3.05, 3.63) is 0 Å². The van der Waals surface area contributed by atoms with Gasteiger partial charge in [-0.15, -0.1) is 0 Å². The molecular formula is C10H27NSi2. The second-order valence-electron chi connectivity index (χ2n) is 5.61. The molecule has 0 aliphatic rings. The number of nitrogens with one attached hydrogen (secondary N) is 1. The third-order valence-electron chi connectivity index (χ3n) is 2.70. The van der Waals surface area contributed by atoms with Crippen molar-refractivity contribution in [2.24, 2.45) is 0 Å². The summed E-state index contributed by atoms with van der Waals surface area (Å²) in [5.74, 6) is 0. The molecule has 0 aromatic heterocycles. The predicted octanol–water partition coefficient (Wildman–Crippen LogP) is 3.81. The molecular weight excluding hydrogens is 190 g/mol. The van der Waals surface area contributed by atoms with Crippen LogP contribution in [0.5, 0.6) is 0 Å². The molecule has 3 heteroatoms. The van der Waals surface area contributed by atoms with E-state index in [0.29, 0.717) is 0 Å². The van der Waals surface area contributed by atoms with Gasteiger partial charge in [-0.1, -0.05) is 59.4 Å². The van der Waals surface area contributed by atoms with Gasteiger partial charge in [-0.25, -0.2) is 0 Å². The summed E-state index contributed by atoms with van der Waals surface area (Å²) in [6.45, 7) is 16.9. The van der Waals surface area contributed by atoms with E-state index >= 15 is 0 Å². The lowest BCUT2D eigenvalue weighted by Crippen LogP contribution is -2.59. The molecule has 0 rings (SSSR count). The SMILES string of the molecule is CCC(CC)[Si](C)(C)N[Si](C)(C)C. The van der Waals surface area contributed by atoms with E-state index in [0.717, 1.165) is 5.54 Å². The fraction of sp³-hybridized carbons (Fsp3) is 1.00. The van der Waals surface area contributed by atoms with E-state index in [1.54, 1.807) is 0 Å². The standard InChI is InChI=1S/C10H27NSi2/c1-8-10(9-2)13(6,7)11-12(3,4)5/h10-11H,8-9H2,1-7H3. The molecule has 0 amide bonds. The van der Waals surface area contributed by atoms with Crippen LogP contribution in [0.25, 0.3) is 0 Å². The molecule has 13 heavy (non-hydrogen) atoms. The Bertz CT molecular complexity index is 145. The van der Waals surface area contributed by atoms with Crippen LogP contribution < -0.4 is 4.65 Å². The lowest BCUT2D eigenvalue weighted by molar-refractivity contribution is 0.728. The van der Waals surface area contributed by atoms with Crippen LogP contribution in [0, 0.1) is 0 Å². The minimum absolute atomic E-state index is 0.944. The highest BCUT2D eigenvalue weighted by atomic mass is 28.4. The van der Waals surface area contributed by atoms with Gasteiger partial charge in [0.25, 0.3) is 0 Å². The zero-order valence-corrected chi connectivity index (χ0v) is 12.5. The maximum Gasteiger partial charge on any atom is 0.116 e. The maximum atomic E-state index is 3.98. The van der Waals surface area contributed by atoms with Gasteiger partial charge in [-0.2, -0.15) is 0 Å². The maximum absolute atomic E-state index is 3.98. The van der Waals surface area contributed by atoms with Gasteiger partial charge in [0.05, 0.1) is 0 Å². The minimum atomic E-state index is -1.16. The molecule has 0 aromatic carbocycles. The average molecular weight is 218 g/mol. The number of rotatable bonds is 5. The highest BCUT2D eigenvalue weighted by Gasteiger charge is 2.33. The molecule has 0 saturated carbocycles. The van der Waals surface area contributed by atoms with Gasteiger partial charge >= 0.3 is 0 Å². The lowest BCUT2D eigenvalue weighted by Gasteiger charge is -2.37. The van der Waals surface area contributed by atoms with E-state index in [2.05, 4.69) is 51.2 Å². The molecule has 0 radical (unpaired) electrons. The van der Waals surface area contributed by atoms with Crippen LogP contribution in [-0.2, 0) is 0 Å². The van der Waals surface area contributed by atoms with E-state index in [4.69, 9.17) is 0 Å². The predicted molar refractivity (Wildman–Crippen MR) is 68.3 cm³/mol. The summed E-state index contributed by atoms with van der Waals surface area (Å²) in [6.07, 6.45) is 2.68. The Balaban J connectivity index is 4.36. The fourth-order valence-corrected chi connectivity index (χ4v) is 13.0. The molecule has 0 aromatic rings. The van der Waals surface area contributed by atoms with Crippen molar-refractivity contribution in [1.29, 1.82) is 0 Å². The molecule has 0 unspecified atom stereocenters. The molecule has 0 atom stereocenters. The van der Waals surface area contributed by atoms with E-state index < -0.39 is 16.5 Å². The number of hydrogen-bond donors (Lipinski definition) is 1. The van der Waals surface area contributed by atoms with Gasteiger partial charge in [-0.05, 0) is 5.54 Å². The van der Waals surface area contributed by atoms with Crippen molar-refractivity contribution in [3.8, 4) is 0 Å². The van der Waals surface area contributed by atoms with Crippen molar-refractivity contribution in [2.75, 3.05) is 0 Å². The lowest BCUT2D eigenvalue weighted by atomic mass is 10.3. The van der Waals surface area contributed by atoms with Gasteiger partial charge < -0.3 is 4.65 Å². The van der Waals surface area contributed by atoms with Crippen LogP contribution in [0.1, 0.15) is 26.7 Å². The van der Waals surface area contributed by atoms with Crippen LogP contribution in [0.15, 0.2) is 0 Å². The van der Waals surface area contributed by atoms with Crippen molar-refractivity contribution in [1.82, 2.24) is 4.65 Å². The first-order chi connectivity index (χ1) is 5.73. The Hall–Kier alpha value is 0.394. The summed E-state index contributed by atoms with van der Waals surface area (Å²) >= 11 is 0. The van der Waals surface area contributed by atoms with Gasteiger partial charge in [-0.3, -0.25) is 0 Å². The highest BCUT2D eigenvalue weighted by Crippen LogP contribution is 2.27. The summed E-state index contributed by atoms with van der Waals surface area (Å²) in [5, 5.41) is 0. The molecule has 0 fully saturated rings. The first-order valence-electron chi connectivity index (χ1n) is 5.52. The Morgan fingerprint density at radius 3 is 1.54 bits per heavy atom. The summed E-state index contributed by atoms with van der Waals surface area (Å²) in [6, 6.07) is 0. The Labute approximate surface area is 86.5 Å². The summed E-state index contributed by atoms with van der Waals surface area (Å²) in [5.41, 5.74) is 0.944. The largest absolute Gasteiger partial charge is 0.359 e. The Kier molecular flexibility index (Phi) is 4.90. The number of hydrogen-bond acceptors (Lipinski definition) is 1. The third-order valence-corrected chi connectivity index (χ3v) is 11.1. The van der Waals surface area contributed by atoms with Crippen molar-refractivity contribution < 1.29 is 0 Å². The second kappa shape index (κ2) is 4.76. The van der Waals surface area contributed by atoms with Crippen molar-refractivity contribution >= 4 is 16.5 Å². The van der Waals surface area contributed by atoms with E-state index in [9.17, 15) is 0 Å². The van der Waals surface area contributed by atoms with Crippen LogP contribution in [0.2, 0.25) is 38.3 Å². The fourth-order valence-electron chi connectivity index (χ4n) is 2.38. The topological polar surface area (TPSA) is 12.0 Å². The second-order valence-corrected chi connectivity index (χ2v) is 15.4. The van der Waals surface area contributed by atoms with E-state index in [1.807, 2.05) is 0 Å². The molecule has 1 nitrogen and oxygen atoms in total. The zero-order valence-electron chi connectivity index (χ0n) is 10.5. The van der Waals surface area contributed by atoms with E-state index in [1.165, 1.54) is 12.8 Å². The van der Waals surface area contributed by atoms with Gasteiger partial charge in [0.2, 0.25) is 0 Å². The quantitative estimate of drug-likeness (QED) is 0.691. The van der Waals surface area contributed by atoms with Gasteiger partial charge in [0.1, 0.15) is 16.5 Å². The minimum Gasteiger partial charge on any atom is -0.359 e. The molecule has 0 spiro atoms. The Morgan fingerprint density at radius 2 is 1.31 bits per heavy atom. The highest BCUT2D eigenvalue weighted by molar-refractivity contribution is 6.91. The molecule has 0 aliphatic heterocycles. The van der Waals surface area contributed by atoms with Crippen molar-refractivity contribution in [2.45, 2.75) is 65.0 Å². The first kappa shape index (κ1) is 13.4. The average Bonchev–Trinajstić information content (AvgIpc) is 1.83. The summed E-state index contributed by atoms with van der Waals surface area (Å²) in [7, 11) is -2.23. The van der Waals surface area contributed by atoms with Crippen LogP contribution in [-0.4, -0.2) is 16.5 Å². The molecule has 0 saturated heterocycles. The van der Waals surface area contributed by atoms with E-state index in [-0.39, 0.29) is 0 Å². The third kappa shape index (κ3) is 4.98. The first-order valence-corrected chi connectivity index (χ1v) is 12.1. The van der Waals surface area contributed by atoms with Crippen LogP contribution >= 0.6 is 0 Å². The summed E-state index contributed by atoms with van der Waals surface area (Å²) < 4.78 is 3.98. The smallest absolute Gasteiger partial charge is 0.116 e. The van der Waals surface area contributed by atoms with Crippen LogP contribution in [0.4, 0.5) is 0 Å². The summed E-state index contributed by atoms with van der Waals surface area (Å²) in [4.78, 5) is 0. The van der Waals surface area contributed by atoms with Gasteiger partial charge in [0, 0.05) is 0 Å². The van der Waals surface area contributed by atoms with Gasteiger partial charge in [0.15, 0.2) is 0 Å². The van der Waals surface area contributed by atoms with Crippen molar-refractivity contribution in [3.63, 3.8) is 0 Å². The normalized spacial score (nSPS) is 13.8. The Morgan fingerprint density at radius 1 is 0.923 bits per heavy atom. The molecule has 0 aliphatic carbocycles. The molecule has 1 N–H and O–H groups in total.